The summed E-state index contributed by atoms with van der Waals surface area (Å²) in [5, 5.41) is 11.3. The molecule has 0 unspecified atom stereocenters. The second-order valence-electron chi connectivity index (χ2n) is 8.88. The molecule has 1 atom stereocenters. The molecular formula is C26H27N5O3S. The Morgan fingerprint density at radius 1 is 1.23 bits per heavy atom. The van der Waals surface area contributed by atoms with E-state index in [9.17, 15) is 9.59 Å². The van der Waals surface area contributed by atoms with Gasteiger partial charge in [0.05, 0.1) is 29.9 Å². The zero-order valence-electron chi connectivity index (χ0n) is 19.9. The SMILES string of the molecule is COC(=O)c1sc2nc(CN(C)[C@H](C)c3cc(-c4ccccc4)n[nH]3)ccc2c1NC(=O)C1CC1. The Morgan fingerprint density at radius 2 is 2.00 bits per heavy atom. The average Bonchev–Trinajstić information content (AvgIpc) is 3.51. The molecule has 9 heteroatoms. The Bertz CT molecular complexity index is 1380. The summed E-state index contributed by atoms with van der Waals surface area (Å²) in [6.07, 6.45) is 1.77. The quantitative estimate of drug-likeness (QED) is 0.337. The second-order valence-corrected chi connectivity index (χ2v) is 9.88. The van der Waals surface area contributed by atoms with Gasteiger partial charge in [-0.3, -0.25) is 14.8 Å². The Labute approximate surface area is 207 Å². The topological polar surface area (TPSA) is 100 Å². The maximum absolute atomic E-state index is 12.4. The smallest absolute Gasteiger partial charge is 0.350 e. The van der Waals surface area contributed by atoms with E-state index in [0.717, 1.165) is 40.9 Å². The van der Waals surface area contributed by atoms with E-state index in [1.165, 1.54) is 18.4 Å². The third-order valence-corrected chi connectivity index (χ3v) is 7.45. The van der Waals surface area contributed by atoms with Gasteiger partial charge >= 0.3 is 5.97 Å². The number of anilines is 1. The van der Waals surface area contributed by atoms with E-state index in [0.29, 0.717) is 21.9 Å². The van der Waals surface area contributed by atoms with Crippen LogP contribution in [-0.2, 0) is 16.1 Å². The van der Waals surface area contributed by atoms with Crippen molar-refractivity contribution in [1.29, 1.82) is 0 Å². The molecule has 1 aliphatic carbocycles. The van der Waals surface area contributed by atoms with Gasteiger partial charge < -0.3 is 10.1 Å². The maximum Gasteiger partial charge on any atom is 0.350 e. The number of esters is 1. The van der Waals surface area contributed by atoms with Crippen molar-refractivity contribution in [2.75, 3.05) is 19.5 Å². The largest absolute Gasteiger partial charge is 0.465 e. The molecule has 1 fully saturated rings. The van der Waals surface area contributed by atoms with Crippen molar-refractivity contribution < 1.29 is 14.3 Å². The van der Waals surface area contributed by atoms with E-state index in [1.807, 2.05) is 49.5 Å². The van der Waals surface area contributed by atoms with Crippen LogP contribution < -0.4 is 5.32 Å². The zero-order valence-corrected chi connectivity index (χ0v) is 20.7. The fraction of sp³-hybridized carbons (Fsp3) is 0.308. The normalized spacial score (nSPS) is 14.3. The number of nitrogens with zero attached hydrogens (tertiary/aromatic N) is 3. The first-order valence-electron chi connectivity index (χ1n) is 11.6. The van der Waals surface area contributed by atoms with Crippen molar-refractivity contribution in [3.63, 3.8) is 0 Å². The average molecular weight is 490 g/mol. The number of nitrogens with one attached hydrogen (secondary N) is 2. The van der Waals surface area contributed by atoms with Gasteiger partial charge in [-0.1, -0.05) is 30.3 Å². The van der Waals surface area contributed by atoms with Gasteiger partial charge in [-0.2, -0.15) is 5.10 Å². The predicted octanol–water partition coefficient (Wildman–Crippen LogP) is 5.01. The van der Waals surface area contributed by atoms with Gasteiger partial charge in [0.25, 0.3) is 0 Å². The van der Waals surface area contributed by atoms with Gasteiger partial charge in [-0.05, 0) is 45.0 Å². The number of aromatic nitrogens is 3. The lowest BCUT2D eigenvalue weighted by atomic mass is 10.1. The molecule has 0 bridgehead atoms. The summed E-state index contributed by atoms with van der Waals surface area (Å²) >= 11 is 1.24. The molecule has 0 saturated heterocycles. The summed E-state index contributed by atoms with van der Waals surface area (Å²) in [6, 6.07) is 16.1. The van der Waals surface area contributed by atoms with Crippen LogP contribution >= 0.6 is 11.3 Å². The molecule has 8 nitrogen and oxygen atoms in total. The maximum atomic E-state index is 12.4. The lowest BCUT2D eigenvalue weighted by molar-refractivity contribution is -0.117. The molecule has 1 amide bonds. The van der Waals surface area contributed by atoms with Crippen molar-refractivity contribution in [3.8, 4) is 11.3 Å². The number of pyridine rings is 1. The molecule has 0 radical (unpaired) electrons. The number of carbonyl (C=O) groups excluding carboxylic acids is 2. The highest BCUT2D eigenvalue weighted by Crippen LogP contribution is 2.38. The number of ether oxygens (including phenoxy) is 1. The van der Waals surface area contributed by atoms with Crippen LogP contribution in [0, 0.1) is 5.92 Å². The highest BCUT2D eigenvalue weighted by molar-refractivity contribution is 7.21. The summed E-state index contributed by atoms with van der Waals surface area (Å²) in [7, 11) is 3.38. The van der Waals surface area contributed by atoms with Crippen LogP contribution in [0.2, 0.25) is 0 Å². The summed E-state index contributed by atoms with van der Waals surface area (Å²) in [6.45, 7) is 2.72. The molecule has 2 N–H and O–H groups in total. The minimum Gasteiger partial charge on any atom is -0.465 e. The van der Waals surface area contributed by atoms with E-state index < -0.39 is 5.97 Å². The molecular weight excluding hydrogens is 462 g/mol. The lowest BCUT2D eigenvalue weighted by Crippen LogP contribution is -2.22. The Balaban J connectivity index is 1.35. The predicted molar refractivity (Wildman–Crippen MR) is 136 cm³/mol. The van der Waals surface area contributed by atoms with Gasteiger partial charge in [-0.15, -0.1) is 11.3 Å². The van der Waals surface area contributed by atoms with Crippen molar-refractivity contribution >= 4 is 39.1 Å². The molecule has 1 aromatic carbocycles. The van der Waals surface area contributed by atoms with Crippen molar-refractivity contribution in [1.82, 2.24) is 20.1 Å². The molecule has 4 aromatic rings. The number of hydrogen-bond donors (Lipinski definition) is 2. The number of thiophene rings is 1. The van der Waals surface area contributed by atoms with Gasteiger partial charge in [0.15, 0.2) is 0 Å². The van der Waals surface area contributed by atoms with Crippen LogP contribution in [0.3, 0.4) is 0 Å². The van der Waals surface area contributed by atoms with E-state index in [2.05, 4.69) is 33.4 Å². The standard InChI is InChI=1S/C26H27N5O3S/c1-15(20-13-21(30-29-20)16-7-5-4-6-8-16)31(2)14-18-11-12-19-22(28-24(32)17-9-10-17)23(26(33)34-3)35-25(19)27-18/h4-8,11-13,15,17H,9-10,14H2,1-3H3,(H,28,32)(H,29,30)/t15-/m1/s1. The summed E-state index contributed by atoms with van der Waals surface area (Å²) in [4.78, 5) is 32.8. The molecule has 1 aliphatic rings. The van der Waals surface area contributed by atoms with Gasteiger partial charge in [0.2, 0.25) is 5.91 Å². The van der Waals surface area contributed by atoms with Crippen LogP contribution in [0.25, 0.3) is 21.5 Å². The van der Waals surface area contributed by atoms with Crippen LogP contribution in [0.5, 0.6) is 0 Å². The van der Waals surface area contributed by atoms with Crippen LogP contribution in [0.1, 0.15) is 46.9 Å². The summed E-state index contributed by atoms with van der Waals surface area (Å²) in [5.41, 5.74) is 4.37. The molecule has 0 spiro atoms. The van der Waals surface area contributed by atoms with Gasteiger partial charge in [0, 0.05) is 29.5 Å². The van der Waals surface area contributed by atoms with Gasteiger partial charge in [0.1, 0.15) is 9.71 Å². The van der Waals surface area contributed by atoms with E-state index in [-0.39, 0.29) is 17.9 Å². The molecule has 180 valence electrons. The monoisotopic (exact) mass is 489 g/mol. The fourth-order valence-corrected chi connectivity index (χ4v) is 5.04. The lowest BCUT2D eigenvalue weighted by Gasteiger charge is -2.23. The van der Waals surface area contributed by atoms with Gasteiger partial charge in [-0.25, -0.2) is 9.78 Å². The number of fused-ring (bicyclic) bond motifs is 1. The molecule has 5 rings (SSSR count). The number of rotatable bonds is 8. The third kappa shape index (κ3) is 4.82. The first kappa shape index (κ1) is 23.2. The highest BCUT2D eigenvalue weighted by atomic mass is 32.1. The fourth-order valence-electron chi connectivity index (χ4n) is 3.97. The number of carbonyl (C=O) groups is 2. The Kier molecular flexibility index (Phi) is 6.36. The van der Waals surface area contributed by atoms with Crippen molar-refractivity contribution in [2.24, 2.45) is 5.92 Å². The van der Waals surface area contributed by atoms with Crippen molar-refractivity contribution in [2.45, 2.75) is 32.4 Å². The first-order chi connectivity index (χ1) is 16.9. The summed E-state index contributed by atoms with van der Waals surface area (Å²) < 4.78 is 4.95. The van der Waals surface area contributed by atoms with Crippen LogP contribution in [0.15, 0.2) is 48.5 Å². The van der Waals surface area contributed by atoms with Crippen LogP contribution in [-0.4, -0.2) is 46.1 Å². The van der Waals surface area contributed by atoms with E-state index in [1.54, 1.807) is 0 Å². The minimum absolute atomic E-state index is 0.0303. The number of aromatic amines is 1. The zero-order chi connectivity index (χ0) is 24.5. The Hall–Kier alpha value is -3.56. The molecule has 3 heterocycles. The second kappa shape index (κ2) is 9.59. The minimum atomic E-state index is -0.472. The number of methoxy groups -OCH3 is 1. The number of hydrogen-bond acceptors (Lipinski definition) is 7. The van der Waals surface area contributed by atoms with E-state index >= 15 is 0 Å². The number of amides is 1. The van der Waals surface area contributed by atoms with E-state index in [4.69, 9.17) is 9.72 Å². The molecule has 35 heavy (non-hydrogen) atoms. The number of H-pyrrole nitrogens is 1. The van der Waals surface area contributed by atoms with Crippen LogP contribution in [0.4, 0.5) is 5.69 Å². The summed E-state index contributed by atoms with van der Waals surface area (Å²) in [5.74, 6) is -0.496. The number of benzene rings is 1. The molecule has 0 aliphatic heterocycles. The first-order valence-corrected chi connectivity index (χ1v) is 12.4. The molecule has 3 aromatic heterocycles. The van der Waals surface area contributed by atoms with Crippen molar-refractivity contribution in [3.05, 3.63) is 64.8 Å². The third-order valence-electron chi connectivity index (χ3n) is 6.37. The molecule has 1 saturated carbocycles. The Morgan fingerprint density at radius 3 is 2.71 bits per heavy atom. The highest BCUT2D eigenvalue weighted by Gasteiger charge is 2.32.